The van der Waals surface area contributed by atoms with Gasteiger partial charge in [0.2, 0.25) is 0 Å². The normalized spacial score (nSPS) is 21.8. The van der Waals surface area contributed by atoms with Gasteiger partial charge in [-0.05, 0) is 32.4 Å². The van der Waals surface area contributed by atoms with Crippen LogP contribution in [0, 0.1) is 5.92 Å². The van der Waals surface area contributed by atoms with Crippen molar-refractivity contribution in [1.29, 1.82) is 0 Å². The Balaban J connectivity index is 2.20. The third kappa shape index (κ3) is 2.74. The second-order valence-corrected chi connectivity index (χ2v) is 4.93. The first-order valence-corrected chi connectivity index (χ1v) is 6.78. The highest BCUT2D eigenvalue weighted by Gasteiger charge is 2.35. The van der Waals surface area contributed by atoms with Crippen molar-refractivity contribution in [3.05, 3.63) is 24.0 Å². The summed E-state index contributed by atoms with van der Waals surface area (Å²) >= 11 is 0. The van der Waals surface area contributed by atoms with Gasteiger partial charge in [0.05, 0.1) is 5.92 Å². The SMILES string of the molecule is CCNC(=O)c1cc(N2CCC(C(=O)O)C2C)ccn1. The van der Waals surface area contributed by atoms with Crippen LogP contribution >= 0.6 is 0 Å². The van der Waals surface area contributed by atoms with Crippen LogP contribution in [-0.2, 0) is 4.79 Å². The maximum Gasteiger partial charge on any atom is 0.308 e. The van der Waals surface area contributed by atoms with Gasteiger partial charge in [-0.25, -0.2) is 0 Å². The number of amides is 1. The molecule has 0 aromatic carbocycles. The summed E-state index contributed by atoms with van der Waals surface area (Å²) in [7, 11) is 0. The summed E-state index contributed by atoms with van der Waals surface area (Å²) in [6.07, 6.45) is 2.20. The number of nitrogens with zero attached hydrogens (tertiary/aromatic N) is 2. The van der Waals surface area contributed by atoms with E-state index in [-0.39, 0.29) is 17.9 Å². The molecule has 0 radical (unpaired) electrons. The second kappa shape index (κ2) is 5.90. The maximum atomic E-state index is 11.8. The van der Waals surface area contributed by atoms with E-state index in [1.54, 1.807) is 12.3 Å². The number of aromatic nitrogens is 1. The lowest BCUT2D eigenvalue weighted by Crippen LogP contribution is -2.33. The zero-order valence-corrected chi connectivity index (χ0v) is 11.7. The number of aliphatic carboxylic acids is 1. The Kier molecular flexibility index (Phi) is 4.22. The molecule has 6 nitrogen and oxygen atoms in total. The molecule has 1 aliphatic heterocycles. The summed E-state index contributed by atoms with van der Waals surface area (Å²) in [4.78, 5) is 29.0. The van der Waals surface area contributed by atoms with Gasteiger partial charge in [-0.1, -0.05) is 0 Å². The predicted molar refractivity (Wildman–Crippen MR) is 74.8 cm³/mol. The Morgan fingerprint density at radius 2 is 2.30 bits per heavy atom. The number of carbonyl (C=O) groups is 2. The molecule has 2 atom stereocenters. The molecule has 2 N–H and O–H groups in total. The van der Waals surface area contributed by atoms with Gasteiger partial charge < -0.3 is 15.3 Å². The van der Waals surface area contributed by atoms with Crippen LogP contribution in [0.15, 0.2) is 18.3 Å². The fraction of sp³-hybridized carbons (Fsp3) is 0.500. The molecule has 0 aliphatic carbocycles. The van der Waals surface area contributed by atoms with Crippen molar-refractivity contribution >= 4 is 17.6 Å². The summed E-state index contributed by atoms with van der Waals surface area (Å²) in [5.74, 6) is -1.34. The van der Waals surface area contributed by atoms with Gasteiger partial charge in [0.1, 0.15) is 5.69 Å². The average Bonchev–Trinajstić information content (AvgIpc) is 2.81. The van der Waals surface area contributed by atoms with E-state index in [0.29, 0.717) is 25.2 Å². The number of nitrogens with one attached hydrogen (secondary N) is 1. The third-order valence-corrected chi connectivity index (χ3v) is 3.72. The minimum absolute atomic E-state index is 0.0861. The quantitative estimate of drug-likeness (QED) is 0.862. The van der Waals surface area contributed by atoms with E-state index in [9.17, 15) is 9.59 Å². The average molecular weight is 277 g/mol. The minimum atomic E-state index is -0.766. The molecular formula is C14H19N3O3. The molecule has 1 amide bonds. The summed E-state index contributed by atoms with van der Waals surface area (Å²) in [5, 5.41) is 11.9. The largest absolute Gasteiger partial charge is 0.481 e. The molecule has 1 aliphatic rings. The van der Waals surface area contributed by atoms with Crippen LogP contribution in [0.4, 0.5) is 5.69 Å². The smallest absolute Gasteiger partial charge is 0.308 e. The van der Waals surface area contributed by atoms with Gasteiger partial charge in [0, 0.05) is 31.0 Å². The molecule has 1 fully saturated rings. The summed E-state index contributed by atoms with van der Waals surface area (Å²) < 4.78 is 0. The van der Waals surface area contributed by atoms with Crippen molar-refractivity contribution in [2.45, 2.75) is 26.3 Å². The zero-order chi connectivity index (χ0) is 14.7. The number of carboxylic acid groups (broad SMARTS) is 1. The first kappa shape index (κ1) is 14.3. The Labute approximate surface area is 117 Å². The number of carbonyl (C=O) groups excluding carboxylic acids is 1. The van der Waals surface area contributed by atoms with Gasteiger partial charge in [0.25, 0.3) is 5.91 Å². The van der Waals surface area contributed by atoms with E-state index in [2.05, 4.69) is 10.3 Å². The molecule has 2 unspecified atom stereocenters. The van der Waals surface area contributed by atoms with Gasteiger partial charge >= 0.3 is 5.97 Å². The monoisotopic (exact) mass is 277 g/mol. The fourth-order valence-electron chi connectivity index (χ4n) is 2.61. The van der Waals surface area contributed by atoms with Crippen LogP contribution in [0.5, 0.6) is 0 Å². The van der Waals surface area contributed by atoms with E-state index >= 15 is 0 Å². The van der Waals surface area contributed by atoms with Crippen LogP contribution < -0.4 is 10.2 Å². The number of pyridine rings is 1. The Morgan fingerprint density at radius 1 is 1.55 bits per heavy atom. The maximum absolute atomic E-state index is 11.8. The van der Waals surface area contributed by atoms with Gasteiger partial charge in [-0.2, -0.15) is 0 Å². The number of hydrogen-bond donors (Lipinski definition) is 2. The second-order valence-electron chi connectivity index (χ2n) is 4.93. The molecule has 108 valence electrons. The first-order valence-electron chi connectivity index (χ1n) is 6.78. The van der Waals surface area contributed by atoms with E-state index in [1.165, 1.54) is 0 Å². The van der Waals surface area contributed by atoms with Crippen LogP contribution in [0.25, 0.3) is 0 Å². The molecule has 0 spiro atoms. The van der Waals surface area contributed by atoms with Crippen molar-refractivity contribution in [2.75, 3.05) is 18.0 Å². The van der Waals surface area contributed by atoms with Crippen LogP contribution in [0.2, 0.25) is 0 Å². The highest BCUT2D eigenvalue weighted by Crippen LogP contribution is 2.29. The molecule has 0 bridgehead atoms. The molecule has 2 rings (SSSR count). The number of anilines is 1. The topological polar surface area (TPSA) is 82.5 Å². The summed E-state index contributed by atoms with van der Waals surface area (Å²) in [5.41, 5.74) is 1.20. The molecule has 1 aromatic rings. The highest BCUT2D eigenvalue weighted by atomic mass is 16.4. The van der Waals surface area contributed by atoms with Crippen molar-refractivity contribution in [2.24, 2.45) is 5.92 Å². The van der Waals surface area contributed by atoms with Gasteiger partial charge in [-0.3, -0.25) is 14.6 Å². The van der Waals surface area contributed by atoms with Gasteiger partial charge in [0.15, 0.2) is 0 Å². The van der Waals surface area contributed by atoms with Crippen molar-refractivity contribution < 1.29 is 14.7 Å². The molecule has 1 aromatic heterocycles. The van der Waals surface area contributed by atoms with Crippen LogP contribution in [-0.4, -0.2) is 41.1 Å². The highest BCUT2D eigenvalue weighted by molar-refractivity contribution is 5.93. The van der Waals surface area contributed by atoms with Crippen LogP contribution in [0.1, 0.15) is 30.8 Å². The number of carboxylic acids is 1. The predicted octanol–water partition coefficient (Wildman–Crippen LogP) is 1.13. The van der Waals surface area contributed by atoms with Gasteiger partial charge in [-0.15, -0.1) is 0 Å². The Bertz CT molecular complexity index is 518. The minimum Gasteiger partial charge on any atom is -0.481 e. The third-order valence-electron chi connectivity index (χ3n) is 3.72. The van der Waals surface area contributed by atoms with E-state index in [0.717, 1.165) is 5.69 Å². The molecule has 20 heavy (non-hydrogen) atoms. The molecule has 6 heteroatoms. The van der Waals surface area contributed by atoms with Crippen LogP contribution in [0.3, 0.4) is 0 Å². The van der Waals surface area contributed by atoms with E-state index in [4.69, 9.17) is 5.11 Å². The van der Waals surface area contributed by atoms with E-state index < -0.39 is 5.97 Å². The zero-order valence-electron chi connectivity index (χ0n) is 11.7. The Morgan fingerprint density at radius 3 is 2.90 bits per heavy atom. The first-order chi connectivity index (χ1) is 9.54. The number of hydrogen-bond acceptors (Lipinski definition) is 4. The summed E-state index contributed by atoms with van der Waals surface area (Å²) in [6.45, 7) is 4.97. The lowest BCUT2D eigenvalue weighted by Gasteiger charge is -2.25. The lowest BCUT2D eigenvalue weighted by atomic mass is 10.0. The molecule has 0 saturated carbocycles. The van der Waals surface area contributed by atoms with Crippen molar-refractivity contribution in [3.63, 3.8) is 0 Å². The lowest BCUT2D eigenvalue weighted by molar-refractivity contribution is -0.141. The molecular weight excluding hydrogens is 258 g/mol. The number of rotatable bonds is 4. The van der Waals surface area contributed by atoms with E-state index in [1.807, 2.05) is 24.8 Å². The summed E-state index contributed by atoms with van der Waals surface area (Å²) in [6, 6.07) is 3.44. The fourth-order valence-corrected chi connectivity index (χ4v) is 2.61. The standard InChI is InChI=1S/C14H19N3O3/c1-3-15-13(18)12-8-10(4-6-16-12)17-7-5-11(9(17)2)14(19)20/h4,6,8-9,11H,3,5,7H2,1-2H3,(H,15,18)(H,19,20). The molecule has 2 heterocycles. The van der Waals surface area contributed by atoms with Crippen molar-refractivity contribution in [3.8, 4) is 0 Å². The Hall–Kier alpha value is -2.11. The molecule has 1 saturated heterocycles. The van der Waals surface area contributed by atoms with Crippen molar-refractivity contribution in [1.82, 2.24) is 10.3 Å².